The normalized spacial score (nSPS) is 18.7. The second-order valence-corrected chi connectivity index (χ2v) is 4.71. The first-order valence-electron chi connectivity index (χ1n) is 6.10. The van der Waals surface area contributed by atoms with Crippen LogP contribution in [0.2, 0.25) is 0 Å². The molecule has 0 spiro atoms. The highest BCUT2D eigenvalue weighted by Gasteiger charge is 2.21. The fraction of sp³-hybridized carbons (Fsp3) is 0.500. The number of hydrogen-bond acceptors (Lipinski definition) is 3. The zero-order valence-electron chi connectivity index (χ0n) is 10.5. The zero-order chi connectivity index (χ0) is 12.3. The van der Waals surface area contributed by atoms with Crippen molar-refractivity contribution < 1.29 is 9.53 Å². The number of benzene rings is 1. The number of anilines is 1. The van der Waals surface area contributed by atoms with E-state index in [1.54, 1.807) is 0 Å². The number of nitrogens with zero attached hydrogens (tertiary/aromatic N) is 1. The lowest BCUT2D eigenvalue weighted by Crippen LogP contribution is -2.35. The second kappa shape index (κ2) is 5.21. The van der Waals surface area contributed by atoms with Crippen LogP contribution >= 0.6 is 0 Å². The molecule has 0 amide bonds. The molecule has 1 unspecified atom stereocenters. The van der Waals surface area contributed by atoms with Crippen molar-refractivity contribution >= 4 is 11.7 Å². The van der Waals surface area contributed by atoms with Gasteiger partial charge in [0.1, 0.15) is 0 Å². The Kier molecular flexibility index (Phi) is 3.67. The molecule has 1 aliphatic rings. The smallest absolute Gasteiger partial charge is 0.307 e. The molecule has 0 saturated heterocycles. The molecule has 1 aliphatic heterocycles. The van der Waals surface area contributed by atoms with Gasteiger partial charge >= 0.3 is 5.97 Å². The molecule has 3 heteroatoms. The van der Waals surface area contributed by atoms with E-state index in [4.69, 9.17) is 4.74 Å². The third-order valence-corrected chi connectivity index (χ3v) is 3.25. The van der Waals surface area contributed by atoms with Gasteiger partial charge in [-0.05, 0) is 24.0 Å². The number of fused-ring (bicyclic) bond motifs is 1. The third kappa shape index (κ3) is 2.78. The van der Waals surface area contributed by atoms with Gasteiger partial charge in [0.05, 0.1) is 13.5 Å². The highest BCUT2D eigenvalue weighted by atomic mass is 16.5. The van der Waals surface area contributed by atoms with Crippen molar-refractivity contribution in [3.8, 4) is 0 Å². The molecule has 0 aliphatic carbocycles. The summed E-state index contributed by atoms with van der Waals surface area (Å²) in [6.45, 7) is 4.02. The van der Waals surface area contributed by atoms with E-state index in [9.17, 15) is 4.79 Å². The van der Waals surface area contributed by atoms with E-state index >= 15 is 0 Å². The molecule has 2 rings (SSSR count). The Hall–Kier alpha value is -1.51. The molecular weight excluding hydrogens is 214 g/mol. The minimum Gasteiger partial charge on any atom is -0.469 e. The Morgan fingerprint density at radius 3 is 3.00 bits per heavy atom. The number of hydrogen-bond donors (Lipinski definition) is 0. The van der Waals surface area contributed by atoms with Crippen LogP contribution < -0.4 is 4.90 Å². The number of methoxy groups -OCH3 is 1. The first-order valence-corrected chi connectivity index (χ1v) is 6.10. The number of rotatable bonds is 3. The van der Waals surface area contributed by atoms with E-state index in [-0.39, 0.29) is 5.97 Å². The van der Waals surface area contributed by atoms with Crippen molar-refractivity contribution in [2.45, 2.75) is 19.8 Å². The summed E-state index contributed by atoms with van der Waals surface area (Å²) in [5, 5.41) is 0. The molecule has 1 aromatic rings. The van der Waals surface area contributed by atoms with Crippen LogP contribution in [-0.2, 0) is 16.0 Å². The van der Waals surface area contributed by atoms with Gasteiger partial charge in [-0.1, -0.05) is 25.1 Å². The largest absolute Gasteiger partial charge is 0.469 e. The summed E-state index contributed by atoms with van der Waals surface area (Å²) >= 11 is 0. The zero-order valence-corrected chi connectivity index (χ0v) is 10.5. The first-order chi connectivity index (χ1) is 8.20. The van der Waals surface area contributed by atoms with E-state index in [1.165, 1.54) is 18.4 Å². The van der Waals surface area contributed by atoms with Crippen LogP contribution in [0.15, 0.2) is 24.3 Å². The monoisotopic (exact) mass is 233 g/mol. The molecule has 0 radical (unpaired) electrons. The van der Waals surface area contributed by atoms with Crippen LogP contribution in [-0.4, -0.2) is 26.2 Å². The minimum atomic E-state index is -0.138. The quantitative estimate of drug-likeness (QED) is 0.750. The van der Waals surface area contributed by atoms with Crippen LogP contribution in [0.3, 0.4) is 0 Å². The predicted molar refractivity (Wildman–Crippen MR) is 68.2 cm³/mol. The Bertz CT molecular complexity index is 403. The Morgan fingerprint density at radius 1 is 1.47 bits per heavy atom. The Morgan fingerprint density at radius 2 is 2.24 bits per heavy atom. The third-order valence-electron chi connectivity index (χ3n) is 3.25. The van der Waals surface area contributed by atoms with Gasteiger partial charge in [0, 0.05) is 18.8 Å². The minimum absolute atomic E-state index is 0.138. The summed E-state index contributed by atoms with van der Waals surface area (Å²) < 4.78 is 4.69. The highest BCUT2D eigenvalue weighted by molar-refractivity contribution is 5.70. The van der Waals surface area contributed by atoms with Crippen LogP contribution in [0, 0.1) is 5.92 Å². The first kappa shape index (κ1) is 12.0. The number of ether oxygens (including phenoxy) is 1. The summed E-state index contributed by atoms with van der Waals surface area (Å²) in [6, 6.07) is 8.45. The second-order valence-electron chi connectivity index (χ2n) is 4.71. The topological polar surface area (TPSA) is 29.5 Å². The van der Waals surface area contributed by atoms with Crippen LogP contribution in [0.1, 0.15) is 18.9 Å². The summed E-state index contributed by atoms with van der Waals surface area (Å²) in [7, 11) is 1.44. The molecule has 1 heterocycles. The van der Waals surface area contributed by atoms with Gasteiger partial charge < -0.3 is 9.64 Å². The van der Waals surface area contributed by atoms with Gasteiger partial charge in [-0.2, -0.15) is 0 Å². The number of carbonyl (C=O) groups is 1. The Labute approximate surface area is 102 Å². The molecule has 0 N–H and O–H groups in total. The SMILES string of the molecule is COC(=O)CCN1CC(C)Cc2ccccc21. The highest BCUT2D eigenvalue weighted by Crippen LogP contribution is 2.29. The van der Waals surface area contributed by atoms with Crippen LogP contribution in [0.25, 0.3) is 0 Å². The van der Waals surface area contributed by atoms with Crippen molar-refractivity contribution in [2.75, 3.05) is 25.1 Å². The molecule has 0 aromatic heterocycles. The standard InChI is InChI=1S/C14H19NO2/c1-11-9-12-5-3-4-6-13(12)15(10-11)8-7-14(16)17-2/h3-6,11H,7-10H2,1-2H3. The lowest BCUT2D eigenvalue weighted by molar-refractivity contribution is -0.140. The maximum absolute atomic E-state index is 11.2. The summed E-state index contributed by atoms with van der Waals surface area (Å²) in [6.07, 6.45) is 1.59. The number of esters is 1. The molecule has 1 atom stereocenters. The average molecular weight is 233 g/mol. The molecule has 0 fully saturated rings. The number of carbonyl (C=O) groups excluding carboxylic acids is 1. The van der Waals surface area contributed by atoms with Crippen molar-refractivity contribution in [3.05, 3.63) is 29.8 Å². The van der Waals surface area contributed by atoms with Crippen LogP contribution in [0.5, 0.6) is 0 Å². The summed E-state index contributed by atoms with van der Waals surface area (Å²) in [5.74, 6) is 0.503. The maximum Gasteiger partial charge on any atom is 0.307 e. The fourth-order valence-electron chi connectivity index (χ4n) is 2.45. The molecule has 1 aromatic carbocycles. The van der Waals surface area contributed by atoms with Gasteiger partial charge in [-0.3, -0.25) is 4.79 Å². The molecule has 3 nitrogen and oxygen atoms in total. The lowest BCUT2D eigenvalue weighted by atomic mass is 9.94. The van der Waals surface area contributed by atoms with Gasteiger partial charge in [0.25, 0.3) is 0 Å². The van der Waals surface area contributed by atoms with Crippen molar-refractivity contribution in [3.63, 3.8) is 0 Å². The summed E-state index contributed by atoms with van der Waals surface area (Å²) in [5.41, 5.74) is 2.66. The van der Waals surface area contributed by atoms with E-state index in [2.05, 4.69) is 36.1 Å². The van der Waals surface area contributed by atoms with Crippen molar-refractivity contribution in [2.24, 2.45) is 5.92 Å². The Balaban J connectivity index is 2.10. The lowest BCUT2D eigenvalue weighted by Gasteiger charge is -2.34. The van der Waals surface area contributed by atoms with Crippen LogP contribution in [0.4, 0.5) is 5.69 Å². The van der Waals surface area contributed by atoms with Gasteiger partial charge in [-0.15, -0.1) is 0 Å². The molecule has 92 valence electrons. The van der Waals surface area contributed by atoms with Gasteiger partial charge in [-0.25, -0.2) is 0 Å². The molecule has 17 heavy (non-hydrogen) atoms. The van der Waals surface area contributed by atoms with E-state index < -0.39 is 0 Å². The van der Waals surface area contributed by atoms with Gasteiger partial charge in [0.2, 0.25) is 0 Å². The van der Waals surface area contributed by atoms with Gasteiger partial charge in [0.15, 0.2) is 0 Å². The van der Waals surface area contributed by atoms with E-state index in [0.717, 1.165) is 19.5 Å². The molecule has 0 saturated carbocycles. The fourth-order valence-corrected chi connectivity index (χ4v) is 2.45. The number of para-hydroxylation sites is 1. The maximum atomic E-state index is 11.2. The molecule has 0 bridgehead atoms. The summed E-state index contributed by atoms with van der Waals surface area (Å²) in [4.78, 5) is 13.5. The van der Waals surface area contributed by atoms with E-state index in [0.29, 0.717) is 12.3 Å². The van der Waals surface area contributed by atoms with E-state index in [1.807, 2.05) is 0 Å². The van der Waals surface area contributed by atoms with Crippen molar-refractivity contribution in [1.82, 2.24) is 0 Å². The van der Waals surface area contributed by atoms with Crippen molar-refractivity contribution in [1.29, 1.82) is 0 Å². The average Bonchev–Trinajstić information content (AvgIpc) is 2.35. The predicted octanol–water partition coefficient (Wildman–Crippen LogP) is 2.25. The molecular formula is C14H19NO2.